The van der Waals surface area contributed by atoms with Gasteiger partial charge in [-0.15, -0.1) is 0 Å². The van der Waals surface area contributed by atoms with Crippen LogP contribution in [-0.2, 0) is 6.54 Å². The smallest absolute Gasteiger partial charge is 0.128 e. The summed E-state index contributed by atoms with van der Waals surface area (Å²) >= 11 is 0. The van der Waals surface area contributed by atoms with Gasteiger partial charge in [-0.1, -0.05) is 6.07 Å². The minimum absolute atomic E-state index is 0.479. The Morgan fingerprint density at radius 1 is 1.45 bits per heavy atom. The molecule has 2 heterocycles. The van der Waals surface area contributed by atoms with Gasteiger partial charge in [-0.2, -0.15) is 0 Å². The summed E-state index contributed by atoms with van der Waals surface area (Å²) < 4.78 is 0. The Balaban J connectivity index is 1.93. The molecule has 1 aliphatic rings. The van der Waals surface area contributed by atoms with E-state index in [1.54, 1.807) is 0 Å². The second kappa shape index (κ2) is 7.04. The highest BCUT2D eigenvalue weighted by Gasteiger charge is 2.18. The van der Waals surface area contributed by atoms with Crippen LogP contribution in [0.4, 0.5) is 5.82 Å². The normalized spacial score (nSPS) is 20.4. The number of hydrogen-bond acceptors (Lipinski definition) is 4. The van der Waals surface area contributed by atoms with E-state index in [4.69, 9.17) is 0 Å². The van der Waals surface area contributed by atoms with Crippen LogP contribution in [0, 0.1) is 0 Å². The van der Waals surface area contributed by atoms with Crippen molar-refractivity contribution in [3.05, 3.63) is 23.9 Å². The SMILES string of the molecule is CNC1CCCN(Cc2ccc(N(C)C(C)C)nc2)C1. The van der Waals surface area contributed by atoms with Gasteiger partial charge in [0.1, 0.15) is 5.82 Å². The fourth-order valence-corrected chi connectivity index (χ4v) is 2.68. The lowest BCUT2D eigenvalue weighted by atomic mass is 10.1. The third kappa shape index (κ3) is 3.93. The first-order valence-corrected chi connectivity index (χ1v) is 7.67. The minimum atomic E-state index is 0.479. The molecule has 1 unspecified atom stereocenters. The molecule has 2 rings (SSSR count). The molecule has 4 nitrogen and oxygen atoms in total. The van der Waals surface area contributed by atoms with E-state index in [-0.39, 0.29) is 0 Å². The maximum Gasteiger partial charge on any atom is 0.128 e. The number of rotatable bonds is 5. The maximum atomic E-state index is 4.59. The number of anilines is 1. The lowest BCUT2D eigenvalue weighted by Gasteiger charge is -2.32. The summed E-state index contributed by atoms with van der Waals surface area (Å²) in [4.78, 5) is 9.31. The van der Waals surface area contributed by atoms with Gasteiger partial charge in [0.2, 0.25) is 0 Å². The standard InChI is InChI=1S/C16H28N4/c1-13(2)19(4)16-8-7-14(10-18-16)11-20-9-5-6-15(12-20)17-3/h7-8,10,13,15,17H,5-6,9,11-12H2,1-4H3. The molecule has 0 aromatic carbocycles. The van der Waals surface area contributed by atoms with Gasteiger partial charge in [0.15, 0.2) is 0 Å². The molecule has 1 N–H and O–H groups in total. The van der Waals surface area contributed by atoms with Crippen LogP contribution >= 0.6 is 0 Å². The maximum absolute atomic E-state index is 4.59. The van der Waals surface area contributed by atoms with E-state index in [9.17, 15) is 0 Å². The van der Waals surface area contributed by atoms with Crippen molar-refractivity contribution < 1.29 is 0 Å². The molecule has 1 atom stereocenters. The summed E-state index contributed by atoms with van der Waals surface area (Å²) in [5.41, 5.74) is 1.31. The van der Waals surface area contributed by atoms with E-state index in [0.29, 0.717) is 12.1 Å². The average molecular weight is 276 g/mol. The fourth-order valence-electron chi connectivity index (χ4n) is 2.68. The summed E-state index contributed by atoms with van der Waals surface area (Å²) in [5, 5.41) is 3.39. The molecule has 1 fully saturated rings. The molecule has 1 saturated heterocycles. The van der Waals surface area contributed by atoms with Gasteiger partial charge in [0.25, 0.3) is 0 Å². The molecule has 0 radical (unpaired) electrons. The third-order valence-corrected chi connectivity index (χ3v) is 4.27. The summed E-state index contributed by atoms with van der Waals surface area (Å²) in [7, 11) is 4.15. The van der Waals surface area contributed by atoms with Crippen molar-refractivity contribution in [3.8, 4) is 0 Å². The second-order valence-corrected chi connectivity index (χ2v) is 6.09. The number of aromatic nitrogens is 1. The molecule has 1 aliphatic heterocycles. The molecule has 1 aromatic rings. The zero-order valence-corrected chi connectivity index (χ0v) is 13.3. The third-order valence-electron chi connectivity index (χ3n) is 4.27. The predicted octanol–water partition coefficient (Wildman–Crippen LogP) is 2.11. The highest BCUT2D eigenvalue weighted by atomic mass is 15.2. The van der Waals surface area contributed by atoms with E-state index in [0.717, 1.165) is 18.9 Å². The summed E-state index contributed by atoms with van der Waals surface area (Å²) in [6.45, 7) is 7.72. The molecule has 20 heavy (non-hydrogen) atoms. The number of hydrogen-bond donors (Lipinski definition) is 1. The molecule has 0 bridgehead atoms. The van der Waals surface area contributed by atoms with Gasteiger partial charge < -0.3 is 10.2 Å². The Bertz CT molecular complexity index is 401. The van der Waals surface area contributed by atoms with Crippen molar-refractivity contribution in [3.63, 3.8) is 0 Å². The molecule has 1 aromatic heterocycles. The number of piperidine rings is 1. The number of nitrogens with zero attached hydrogens (tertiary/aromatic N) is 3. The quantitative estimate of drug-likeness (QED) is 0.892. The molecule has 112 valence electrons. The lowest BCUT2D eigenvalue weighted by molar-refractivity contribution is 0.188. The van der Waals surface area contributed by atoms with Gasteiger partial charge >= 0.3 is 0 Å². The predicted molar refractivity (Wildman–Crippen MR) is 85.1 cm³/mol. The first kappa shape index (κ1) is 15.3. The van der Waals surface area contributed by atoms with E-state index < -0.39 is 0 Å². The zero-order valence-electron chi connectivity index (χ0n) is 13.3. The van der Waals surface area contributed by atoms with Crippen LogP contribution in [0.1, 0.15) is 32.3 Å². The molecular formula is C16H28N4. The van der Waals surface area contributed by atoms with Crippen LogP contribution in [0.5, 0.6) is 0 Å². The van der Waals surface area contributed by atoms with Crippen LogP contribution in [0.15, 0.2) is 18.3 Å². The van der Waals surface area contributed by atoms with Crippen molar-refractivity contribution in [1.82, 2.24) is 15.2 Å². The molecule has 0 spiro atoms. The van der Waals surface area contributed by atoms with Gasteiger partial charge in [-0.3, -0.25) is 4.90 Å². The summed E-state index contributed by atoms with van der Waals surface area (Å²) in [6, 6.07) is 5.47. The van der Waals surface area contributed by atoms with Gasteiger partial charge in [-0.25, -0.2) is 4.98 Å². The van der Waals surface area contributed by atoms with Crippen LogP contribution in [-0.4, -0.2) is 49.2 Å². The van der Waals surface area contributed by atoms with E-state index in [1.165, 1.54) is 24.9 Å². The minimum Gasteiger partial charge on any atom is -0.357 e. The van der Waals surface area contributed by atoms with Crippen molar-refractivity contribution in [2.75, 3.05) is 32.1 Å². The highest BCUT2D eigenvalue weighted by molar-refractivity contribution is 5.39. The van der Waals surface area contributed by atoms with Crippen LogP contribution in [0.3, 0.4) is 0 Å². The largest absolute Gasteiger partial charge is 0.357 e. The summed E-state index contributed by atoms with van der Waals surface area (Å²) in [6.07, 6.45) is 4.60. The Kier molecular flexibility index (Phi) is 5.38. The topological polar surface area (TPSA) is 31.4 Å². The molecule has 0 amide bonds. The van der Waals surface area contributed by atoms with Crippen LogP contribution in [0.2, 0.25) is 0 Å². The fraction of sp³-hybridized carbons (Fsp3) is 0.688. The number of likely N-dealkylation sites (N-methyl/N-ethyl adjacent to an activating group) is 1. The highest BCUT2D eigenvalue weighted by Crippen LogP contribution is 2.16. The zero-order chi connectivity index (χ0) is 14.5. The average Bonchev–Trinajstić information content (AvgIpc) is 2.47. The van der Waals surface area contributed by atoms with E-state index >= 15 is 0 Å². The number of likely N-dealkylation sites (tertiary alicyclic amines) is 1. The molecule has 0 saturated carbocycles. The Morgan fingerprint density at radius 3 is 2.85 bits per heavy atom. The lowest BCUT2D eigenvalue weighted by Crippen LogP contribution is -2.43. The number of nitrogens with one attached hydrogen (secondary N) is 1. The van der Waals surface area contributed by atoms with Crippen LogP contribution < -0.4 is 10.2 Å². The van der Waals surface area contributed by atoms with Crippen molar-refractivity contribution in [2.24, 2.45) is 0 Å². The van der Waals surface area contributed by atoms with E-state index in [2.05, 4.69) is 60.2 Å². The van der Waals surface area contributed by atoms with Gasteiger partial charge in [0.05, 0.1) is 0 Å². The van der Waals surface area contributed by atoms with Crippen molar-refractivity contribution >= 4 is 5.82 Å². The Morgan fingerprint density at radius 2 is 2.25 bits per heavy atom. The number of pyridine rings is 1. The summed E-state index contributed by atoms with van der Waals surface area (Å²) in [5.74, 6) is 1.05. The molecule has 0 aliphatic carbocycles. The Hall–Kier alpha value is -1.13. The van der Waals surface area contributed by atoms with E-state index in [1.807, 2.05) is 6.20 Å². The monoisotopic (exact) mass is 276 g/mol. The molecular weight excluding hydrogens is 248 g/mol. The van der Waals surface area contributed by atoms with Crippen molar-refractivity contribution in [1.29, 1.82) is 0 Å². The first-order valence-electron chi connectivity index (χ1n) is 7.67. The molecule has 4 heteroatoms. The van der Waals surface area contributed by atoms with Crippen LogP contribution in [0.25, 0.3) is 0 Å². The van der Waals surface area contributed by atoms with Crippen molar-refractivity contribution in [2.45, 2.75) is 45.3 Å². The van der Waals surface area contributed by atoms with Gasteiger partial charge in [-0.05, 0) is 51.9 Å². The second-order valence-electron chi connectivity index (χ2n) is 6.09. The van der Waals surface area contributed by atoms with Gasteiger partial charge in [0, 0.05) is 38.4 Å². The first-order chi connectivity index (χ1) is 9.60. The Labute approximate surface area is 123 Å².